The third-order valence-corrected chi connectivity index (χ3v) is 2.76. The molecular formula is C9H8F2N2S. The van der Waals surface area contributed by atoms with Gasteiger partial charge in [0.05, 0.1) is 4.70 Å². The van der Waals surface area contributed by atoms with Gasteiger partial charge in [-0.05, 0) is 23.7 Å². The molecule has 74 valence electrons. The quantitative estimate of drug-likeness (QED) is 0.741. The zero-order valence-corrected chi connectivity index (χ0v) is 8.24. The standard InChI is InChI=1S/C9H8F2N2S/c1-9(10,11)8-7-5(12)3-2-4-6(7)14-13-8/h2-4H,12H2,1H3. The number of alkyl halides is 2. The minimum absolute atomic E-state index is 0.226. The Kier molecular flexibility index (Phi) is 1.92. The van der Waals surface area contributed by atoms with Crippen LogP contribution in [0.2, 0.25) is 0 Å². The SMILES string of the molecule is CC(F)(F)c1nsc2cccc(N)c12. The fraction of sp³-hybridized carbons (Fsp3) is 0.222. The Morgan fingerprint density at radius 3 is 2.79 bits per heavy atom. The molecule has 2 aromatic rings. The van der Waals surface area contributed by atoms with Crippen molar-refractivity contribution in [1.29, 1.82) is 0 Å². The van der Waals surface area contributed by atoms with Crippen LogP contribution in [-0.2, 0) is 5.92 Å². The van der Waals surface area contributed by atoms with E-state index >= 15 is 0 Å². The first-order chi connectivity index (χ1) is 6.50. The normalized spacial score (nSPS) is 12.2. The maximum Gasteiger partial charge on any atom is 0.288 e. The summed E-state index contributed by atoms with van der Waals surface area (Å²) in [7, 11) is 0. The summed E-state index contributed by atoms with van der Waals surface area (Å²) >= 11 is 1.04. The molecule has 0 aliphatic heterocycles. The number of hydrogen-bond donors (Lipinski definition) is 1. The van der Waals surface area contributed by atoms with Crippen molar-refractivity contribution in [3.05, 3.63) is 23.9 Å². The second kappa shape index (κ2) is 2.88. The minimum Gasteiger partial charge on any atom is -0.398 e. The van der Waals surface area contributed by atoms with Crippen molar-refractivity contribution < 1.29 is 8.78 Å². The maximum atomic E-state index is 13.1. The van der Waals surface area contributed by atoms with Crippen LogP contribution in [0.3, 0.4) is 0 Å². The number of aromatic nitrogens is 1. The number of hydrogen-bond acceptors (Lipinski definition) is 3. The molecule has 0 saturated heterocycles. The van der Waals surface area contributed by atoms with Gasteiger partial charge in [0.15, 0.2) is 0 Å². The summed E-state index contributed by atoms with van der Waals surface area (Å²) in [6, 6.07) is 5.07. The lowest BCUT2D eigenvalue weighted by molar-refractivity contribution is 0.0154. The number of nitrogen functional groups attached to an aromatic ring is 1. The van der Waals surface area contributed by atoms with Gasteiger partial charge in [0, 0.05) is 18.0 Å². The van der Waals surface area contributed by atoms with E-state index in [4.69, 9.17) is 5.73 Å². The first-order valence-corrected chi connectivity index (χ1v) is 4.79. The number of rotatable bonds is 1. The Morgan fingerprint density at radius 2 is 2.14 bits per heavy atom. The van der Waals surface area contributed by atoms with Crippen LogP contribution < -0.4 is 5.73 Å². The monoisotopic (exact) mass is 214 g/mol. The number of nitrogens with zero attached hydrogens (tertiary/aromatic N) is 1. The number of nitrogens with two attached hydrogens (primary N) is 1. The summed E-state index contributed by atoms with van der Waals surface area (Å²) in [4.78, 5) is 0. The second-order valence-corrected chi connectivity index (χ2v) is 3.94. The van der Waals surface area contributed by atoms with E-state index in [-0.39, 0.29) is 5.69 Å². The summed E-state index contributed by atoms with van der Waals surface area (Å²) in [5.41, 5.74) is 5.76. The molecule has 0 atom stereocenters. The Labute approximate surface area is 83.5 Å². The first-order valence-electron chi connectivity index (χ1n) is 4.02. The van der Waals surface area contributed by atoms with E-state index in [1.807, 2.05) is 0 Å². The summed E-state index contributed by atoms with van der Waals surface area (Å²) in [5.74, 6) is -2.94. The van der Waals surface area contributed by atoms with Gasteiger partial charge in [0.2, 0.25) is 0 Å². The Balaban J connectivity index is 2.80. The van der Waals surface area contributed by atoms with Gasteiger partial charge in [-0.15, -0.1) is 0 Å². The predicted molar refractivity (Wildman–Crippen MR) is 53.6 cm³/mol. The molecule has 0 amide bonds. The van der Waals surface area contributed by atoms with E-state index in [0.29, 0.717) is 15.8 Å². The number of benzene rings is 1. The van der Waals surface area contributed by atoms with Gasteiger partial charge in [-0.1, -0.05) is 6.07 Å². The zero-order valence-electron chi connectivity index (χ0n) is 7.42. The Morgan fingerprint density at radius 1 is 1.43 bits per heavy atom. The molecule has 2 N–H and O–H groups in total. The molecular weight excluding hydrogens is 206 g/mol. The van der Waals surface area contributed by atoms with Gasteiger partial charge in [0.1, 0.15) is 5.69 Å². The molecule has 1 aromatic heterocycles. The summed E-state index contributed by atoms with van der Waals surface area (Å²) < 4.78 is 30.6. The third kappa shape index (κ3) is 1.33. The van der Waals surface area contributed by atoms with E-state index in [2.05, 4.69) is 4.37 Å². The van der Waals surface area contributed by atoms with Crippen LogP contribution in [0.4, 0.5) is 14.5 Å². The van der Waals surface area contributed by atoms with E-state index in [1.165, 1.54) is 0 Å². The van der Waals surface area contributed by atoms with E-state index in [9.17, 15) is 8.78 Å². The topological polar surface area (TPSA) is 38.9 Å². The van der Waals surface area contributed by atoms with Gasteiger partial charge >= 0.3 is 0 Å². The summed E-state index contributed by atoms with van der Waals surface area (Å²) in [6.45, 7) is 0.827. The second-order valence-electron chi connectivity index (χ2n) is 3.14. The van der Waals surface area contributed by atoms with Crippen molar-refractivity contribution in [1.82, 2.24) is 4.37 Å². The number of halogens is 2. The average Bonchev–Trinajstić information content (AvgIpc) is 2.47. The lowest BCUT2D eigenvalue weighted by Crippen LogP contribution is -2.08. The molecule has 0 bridgehead atoms. The molecule has 0 spiro atoms. The lowest BCUT2D eigenvalue weighted by Gasteiger charge is -2.07. The van der Waals surface area contributed by atoms with Gasteiger partial charge < -0.3 is 5.73 Å². The molecule has 14 heavy (non-hydrogen) atoms. The van der Waals surface area contributed by atoms with Gasteiger partial charge in [-0.25, -0.2) is 0 Å². The summed E-state index contributed by atoms with van der Waals surface area (Å²) in [6.07, 6.45) is 0. The van der Waals surface area contributed by atoms with Crippen molar-refractivity contribution in [2.45, 2.75) is 12.8 Å². The lowest BCUT2D eigenvalue weighted by atomic mass is 10.1. The number of anilines is 1. The van der Waals surface area contributed by atoms with Crippen molar-refractivity contribution >= 4 is 27.3 Å². The Bertz CT molecular complexity index is 473. The zero-order chi connectivity index (χ0) is 10.3. The van der Waals surface area contributed by atoms with Crippen LogP contribution in [0.15, 0.2) is 18.2 Å². The molecule has 0 aliphatic carbocycles. The van der Waals surface area contributed by atoms with Crippen LogP contribution in [0, 0.1) is 0 Å². The molecule has 2 nitrogen and oxygen atoms in total. The van der Waals surface area contributed by atoms with Crippen LogP contribution in [0.5, 0.6) is 0 Å². The highest BCUT2D eigenvalue weighted by atomic mass is 32.1. The molecule has 5 heteroatoms. The summed E-state index contributed by atoms with van der Waals surface area (Å²) in [5, 5.41) is 0.380. The Hall–Kier alpha value is -1.23. The molecule has 2 rings (SSSR count). The van der Waals surface area contributed by atoms with Crippen LogP contribution in [0.25, 0.3) is 10.1 Å². The smallest absolute Gasteiger partial charge is 0.288 e. The van der Waals surface area contributed by atoms with Crippen molar-refractivity contribution in [2.24, 2.45) is 0 Å². The molecule has 0 unspecified atom stereocenters. The highest BCUT2D eigenvalue weighted by molar-refractivity contribution is 7.13. The highest BCUT2D eigenvalue weighted by Gasteiger charge is 2.30. The molecule has 0 radical (unpaired) electrons. The van der Waals surface area contributed by atoms with E-state index in [1.54, 1.807) is 18.2 Å². The molecule has 1 heterocycles. The first kappa shape index (κ1) is 9.33. The number of fused-ring (bicyclic) bond motifs is 1. The maximum absolute atomic E-state index is 13.1. The van der Waals surface area contributed by atoms with Gasteiger partial charge in [-0.3, -0.25) is 0 Å². The van der Waals surface area contributed by atoms with E-state index in [0.717, 1.165) is 18.5 Å². The van der Waals surface area contributed by atoms with Crippen molar-refractivity contribution in [3.8, 4) is 0 Å². The molecule has 1 aromatic carbocycles. The van der Waals surface area contributed by atoms with Crippen molar-refractivity contribution in [2.75, 3.05) is 5.73 Å². The molecule has 0 aliphatic rings. The van der Waals surface area contributed by atoms with Crippen LogP contribution in [-0.4, -0.2) is 4.37 Å². The third-order valence-electron chi connectivity index (χ3n) is 1.95. The predicted octanol–water partition coefficient (Wildman–Crippen LogP) is 2.99. The van der Waals surface area contributed by atoms with Crippen molar-refractivity contribution in [3.63, 3.8) is 0 Å². The molecule has 0 fully saturated rings. The van der Waals surface area contributed by atoms with Crippen LogP contribution in [0.1, 0.15) is 12.6 Å². The van der Waals surface area contributed by atoms with Crippen LogP contribution >= 0.6 is 11.5 Å². The van der Waals surface area contributed by atoms with Gasteiger partial charge in [0.25, 0.3) is 5.92 Å². The average molecular weight is 214 g/mol. The molecule has 0 saturated carbocycles. The largest absolute Gasteiger partial charge is 0.398 e. The minimum atomic E-state index is -2.94. The van der Waals surface area contributed by atoms with Gasteiger partial charge in [-0.2, -0.15) is 13.2 Å². The fourth-order valence-electron chi connectivity index (χ4n) is 1.32. The van der Waals surface area contributed by atoms with E-state index < -0.39 is 5.92 Å². The highest BCUT2D eigenvalue weighted by Crippen LogP contribution is 2.37. The fourth-order valence-corrected chi connectivity index (χ4v) is 2.20.